The zero-order valence-electron chi connectivity index (χ0n) is 11.8. The second-order valence-electron chi connectivity index (χ2n) is 4.93. The highest BCUT2D eigenvalue weighted by Gasteiger charge is 2.37. The lowest BCUT2D eigenvalue weighted by atomic mass is 10.1. The molecular formula is C15H15N3O4. The van der Waals surface area contributed by atoms with Crippen LogP contribution in [0.25, 0.3) is 0 Å². The van der Waals surface area contributed by atoms with Gasteiger partial charge in [0, 0.05) is 19.3 Å². The number of benzene rings is 1. The standard InChI is InChI=1S/C15H15N3O4/c19-13-12(10-17-6-8-22-9-7-17)14(20)18(15(21)16-13)11-4-2-1-3-5-11/h1-5,10H,6-9H2,(H,16,19,21)/b12-10-. The fraction of sp³-hybridized carbons (Fsp3) is 0.267. The van der Waals surface area contributed by atoms with Gasteiger partial charge < -0.3 is 9.64 Å². The predicted octanol–water partition coefficient (Wildman–Crippen LogP) is 0.486. The molecule has 0 atom stereocenters. The summed E-state index contributed by atoms with van der Waals surface area (Å²) < 4.78 is 5.23. The number of rotatable bonds is 2. The van der Waals surface area contributed by atoms with Crippen LogP contribution in [0.4, 0.5) is 10.5 Å². The predicted molar refractivity (Wildman–Crippen MR) is 77.9 cm³/mol. The molecule has 0 saturated carbocycles. The van der Waals surface area contributed by atoms with E-state index >= 15 is 0 Å². The van der Waals surface area contributed by atoms with Gasteiger partial charge in [-0.05, 0) is 12.1 Å². The molecule has 22 heavy (non-hydrogen) atoms. The minimum atomic E-state index is -0.736. The van der Waals surface area contributed by atoms with E-state index in [4.69, 9.17) is 4.74 Å². The monoisotopic (exact) mass is 301 g/mol. The molecule has 7 heteroatoms. The number of hydrogen-bond acceptors (Lipinski definition) is 5. The van der Waals surface area contributed by atoms with Crippen molar-refractivity contribution >= 4 is 23.5 Å². The first-order valence-corrected chi connectivity index (χ1v) is 6.95. The third-order valence-electron chi connectivity index (χ3n) is 3.47. The summed E-state index contributed by atoms with van der Waals surface area (Å²) in [5.74, 6) is -1.29. The molecule has 3 rings (SSSR count). The van der Waals surface area contributed by atoms with Crippen molar-refractivity contribution in [2.45, 2.75) is 0 Å². The van der Waals surface area contributed by atoms with Crippen LogP contribution in [0.15, 0.2) is 42.1 Å². The molecule has 1 aromatic carbocycles. The molecular weight excluding hydrogens is 286 g/mol. The summed E-state index contributed by atoms with van der Waals surface area (Å²) >= 11 is 0. The smallest absolute Gasteiger partial charge is 0.335 e. The number of anilines is 1. The second-order valence-corrected chi connectivity index (χ2v) is 4.93. The number of hydrogen-bond donors (Lipinski definition) is 1. The van der Waals surface area contributed by atoms with E-state index in [1.807, 2.05) is 4.90 Å². The lowest BCUT2D eigenvalue weighted by Gasteiger charge is -2.29. The normalized spacial score (nSPS) is 21.3. The Labute approximate surface area is 127 Å². The van der Waals surface area contributed by atoms with Gasteiger partial charge in [0.05, 0.1) is 18.9 Å². The van der Waals surface area contributed by atoms with E-state index in [1.165, 1.54) is 6.20 Å². The van der Waals surface area contributed by atoms with Gasteiger partial charge in [-0.25, -0.2) is 9.69 Å². The summed E-state index contributed by atoms with van der Waals surface area (Å²) in [4.78, 5) is 39.3. The zero-order chi connectivity index (χ0) is 15.5. The molecule has 2 aliphatic rings. The molecule has 114 valence electrons. The quantitative estimate of drug-likeness (QED) is 0.635. The minimum absolute atomic E-state index is 0.0506. The number of carbonyl (C=O) groups is 3. The first kappa shape index (κ1) is 14.3. The van der Waals surface area contributed by atoms with Gasteiger partial charge in [-0.1, -0.05) is 18.2 Å². The first-order chi connectivity index (χ1) is 10.7. The Balaban J connectivity index is 1.90. The summed E-state index contributed by atoms with van der Waals surface area (Å²) in [6.45, 7) is 2.29. The van der Waals surface area contributed by atoms with Crippen LogP contribution in [-0.2, 0) is 14.3 Å². The number of imide groups is 2. The van der Waals surface area contributed by atoms with Gasteiger partial charge in [-0.15, -0.1) is 0 Å². The lowest BCUT2D eigenvalue weighted by molar-refractivity contribution is -0.122. The van der Waals surface area contributed by atoms with E-state index in [2.05, 4.69) is 5.32 Å². The highest BCUT2D eigenvalue weighted by atomic mass is 16.5. The molecule has 0 radical (unpaired) electrons. The van der Waals surface area contributed by atoms with Crippen LogP contribution in [0.2, 0.25) is 0 Å². The van der Waals surface area contributed by atoms with Gasteiger partial charge in [0.25, 0.3) is 11.8 Å². The molecule has 0 aliphatic carbocycles. The maximum atomic E-state index is 12.5. The third kappa shape index (κ3) is 2.71. The van der Waals surface area contributed by atoms with E-state index in [9.17, 15) is 14.4 Å². The first-order valence-electron chi connectivity index (χ1n) is 6.95. The molecule has 0 spiro atoms. The lowest BCUT2D eigenvalue weighted by Crippen LogP contribution is -2.55. The average Bonchev–Trinajstić information content (AvgIpc) is 2.53. The van der Waals surface area contributed by atoms with Crippen molar-refractivity contribution in [1.82, 2.24) is 10.2 Å². The summed E-state index contributed by atoms with van der Waals surface area (Å²) in [7, 11) is 0. The van der Waals surface area contributed by atoms with Crippen LogP contribution in [0.5, 0.6) is 0 Å². The molecule has 2 saturated heterocycles. The summed E-state index contributed by atoms with van der Waals surface area (Å²) in [5, 5.41) is 2.20. The number of nitrogens with zero attached hydrogens (tertiary/aromatic N) is 2. The second kappa shape index (κ2) is 5.98. The molecule has 0 aromatic heterocycles. The topological polar surface area (TPSA) is 79.0 Å². The van der Waals surface area contributed by atoms with E-state index < -0.39 is 17.8 Å². The molecule has 2 heterocycles. The third-order valence-corrected chi connectivity index (χ3v) is 3.47. The number of barbiturate groups is 1. The van der Waals surface area contributed by atoms with Gasteiger partial charge in [0.1, 0.15) is 5.57 Å². The van der Waals surface area contributed by atoms with Gasteiger partial charge >= 0.3 is 6.03 Å². The Hall–Kier alpha value is -2.67. The maximum absolute atomic E-state index is 12.5. The molecule has 0 unspecified atom stereocenters. The van der Waals surface area contributed by atoms with Gasteiger partial charge in [-0.3, -0.25) is 14.9 Å². The van der Waals surface area contributed by atoms with Crippen LogP contribution < -0.4 is 10.2 Å². The summed E-state index contributed by atoms with van der Waals surface area (Å²) in [6, 6.07) is 7.76. The molecule has 7 nitrogen and oxygen atoms in total. The number of urea groups is 1. The number of para-hydroxylation sites is 1. The number of amides is 4. The molecule has 2 fully saturated rings. The van der Waals surface area contributed by atoms with E-state index in [-0.39, 0.29) is 5.57 Å². The number of nitrogens with one attached hydrogen (secondary N) is 1. The average molecular weight is 301 g/mol. The fourth-order valence-electron chi connectivity index (χ4n) is 2.34. The zero-order valence-corrected chi connectivity index (χ0v) is 11.8. The molecule has 4 amide bonds. The highest BCUT2D eigenvalue weighted by Crippen LogP contribution is 2.20. The van der Waals surface area contributed by atoms with Crippen molar-refractivity contribution < 1.29 is 19.1 Å². The van der Waals surface area contributed by atoms with Crippen LogP contribution >= 0.6 is 0 Å². The Morgan fingerprint density at radius 2 is 1.73 bits per heavy atom. The Kier molecular flexibility index (Phi) is 3.88. The van der Waals surface area contributed by atoms with Crippen LogP contribution in [0, 0.1) is 0 Å². The number of ether oxygens (including phenoxy) is 1. The van der Waals surface area contributed by atoms with Crippen LogP contribution in [0.1, 0.15) is 0 Å². The van der Waals surface area contributed by atoms with Crippen molar-refractivity contribution in [3.05, 3.63) is 42.1 Å². The SMILES string of the molecule is O=C1NC(=O)N(c2ccccc2)C(=O)/C1=C\N1CCOCC1. The van der Waals surface area contributed by atoms with Gasteiger partial charge in [0.15, 0.2) is 0 Å². The van der Waals surface area contributed by atoms with Crippen molar-refractivity contribution in [3.63, 3.8) is 0 Å². The van der Waals surface area contributed by atoms with Crippen molar-refractivity contribution in [1.29, 1.82) is 0 Å². The largest absolute Gasteiger partial charge is 0.378 e. The molecule has 2 aliphatic heterocycles. The Morgan fingerprint density at radius 3 is 2.41 bits per heavy atom. The minimum Gasteiger partial charge on any atom is -0.378 e. The van der Waals surface area contributed by atoms with Crippen molar-refractivity contribution in [3.8, 4) is 0 Å². The molecule has 1 aromatic rings. The van der Waals surface area contributed by atoms with E-state index in [0.29, 0.717) is 32.0 Å². The number of morpholine rings is 1. The summed E-state index contributed by atoms with van der Waals surface area (Å²) in [6.07, 6.45) is 1.50. The van der Waals surface area contributed by atoms with Crippen molar-refractivity contribution in [2.75, 3.05) is 31.2 Å². The van der Waals surface area contributed by atoms with Crippen LogP contribution in [-0.4, -0.2) is 49.0 Å². The molecule has 1 N–H and O–H groups in total. The van der Waals surface area contributed by atoms with Crippen molar-refractivity contribution in [2.24, 2.45) is 0 Å². The van der Waals surface area contributed by atoms with Gasteiger partial charge in [-0.2, -0.15) is 0 Å². The molecule has 0 bridgehead atoms. The van der Waals surface area contributed by atoms with E-state index in [1.54, 1.807) is 30.3 Å². The number of carbonyl (C=O) groups excluding carboxylic acids is 3. The van der Waals surface area contributed by atoms with Crippen LogP contribution in [0.3, 0.4) is 0 Å². The van der Waals surface area contributed by atoms with Gasteiger partial charge in [0.2, 0.25) is 0 Å². The summed E-state index contributed by atoms with van der Waals surface area (Å²) in [5.41, 5.74) is 0.371. The fourth-order valence-corrected chi connectivity index (χ4v) is 2.34. The van der Waals surface area contributed by atoms with E-state index in [0.717, 1.165) is 4.90 Å². The maximum Gasteiger partial charge on any atom is 0.335 e. The Morgan fingerprint density at radius 1 is 1.05 bits per heavy atom. The highest BCUT2D eigenvalue weighted by molar-refractivity contribution is 6.37. The Bertz CT molecular complexity index is 635.